The number of aryl methyl sites for hydroxylation is 1. The number of amides is 1. The summed E-state index contributed by atoms with van der Waals surface area (Å²) in [6.07, 6.45) is 3.04. The Balaban J connectivity index is 1.37. The Labute approximate surface area is 269 Å². The van der Waals surface area contributed by atoms with Crippen molar-refractivity contribution in [1.82, 2.24) is 10.2 Å². The maximum absolute atomic E-state index is 13.7. The highest BCUT2D eigenvalue weighted by atomic mass is 32.2. The Morgan fingerprint density at radius 1 is 1.02 bits per heavy atom. The molecule has 1 atom stereocenters. The van der Waals surface area contributed by atoms with Crippen molar-refractivity contribution >= 4 is 45.7 Å². The molecule has 4 aromatic rings. The van der Waals surface area contributed by atoms with Crippen molar-refractivity contribution in [3.63, 3.8) is 0 Å². The summed E-state index contributed by atoms with van der Waals surface area (Å²) in [5.74, 6) is 0.375. The van der Waals surface area contributed by atoms with Gasteiger partial charge in [0.25, 0.3) is 5.78 Å². The minimum atomic E-state index is -0.958. The molecule has 9 nitrogen and oxygen atoms in total. The van der Waals surface area contributed by atoms with Gasteiger partial charge in [-0.25, -0.2) is 0 Å². The van der Waals surface area contributed by atoms with Gasteiger partial charge in [-0.1, -0.05) is 84.8 Å². The second kappa shape index (κ2) is 13.7. The van der Waals surface area contributed by atoms with Gasteiger partial charge in [0.05, 0.1) is 18.2 Å². The fourth-order valence-corrected chi connectivity index (χ4v) is 7.02. The number of hydrogen-bond donors (Lipinski definition) is 1. The molecule has 2 aliphatic rings. The topological polar surface area (TPSA) is 111 Å². The lowest BCUT2D eigenvalue weighted by atomic mass is 9.95. The van der Waals surface area contributed by atoms with Gasteiger partial charge in [0.1, 0.15) is 24.7 Å². The third-order valence-corrected chi connectivity index (χ3v) is 9.66. The number of rotatable bonds is 11. The number of carbonyl (C=O) groups excluding carboxylic acids is 2. The number of hydrogen-bond acceptors (Lipinski definition) is 10. The van der Waals surface area contributed by atoms with Crippen LogP contribution in [0.15, 0.2) is 76.6 Å². The van der Waals surface area contributed by atoms with Gasteiger partial charge in [0.15, 0.2) is 15.8 Å². The van der Waals surface area contributed by atoms with Gasteiger partial charge in [-0.3, -0.25) is 14.5 Å². The van der Waals surface area contributed by atoms with Crippen molar-refractivity contribution < 1.29 is 28.9 Å². The Bertz CT molecular complexity index is 1740. The first-order valence-electron chi connectivity index (χ1n) is 14.9. The summed E-state index contributed by atoms with van der Waals surface area (Å²) in [6, 6.07) is 19.5. The molecule has 0 radical (unpaired) electrons. The van der Waals surface area contributed by atoms with Crippen LogP contribution in [0.4, 0.5) is 5.13 Å². The normalized spacial score (nSPS) is 17.1. The lowest BCUT2D eigenvalue weighted by Gasteiger charge is -2.23. The summed E-state index contributed by atoms with van der Waals surface area (Å²) in [7, 11) is 0. The van der Waals surface area contributed by atoms with Crippen molar-refractivity contribution in [2.24, 2.45) is 0 Å². The van der Waals surface area contributed by atoms with Crippen LogP contribution >= 0.6 is 23.1 Å². The number of anilines is 1. The SMILES string of the molecule is CCCCCOc1cccc([C@@H]2C(=C(O)c3ccc4c(c3)OCCO4)C(=O)C(=O)N2c2nnc(SCc3ccc(C)cc3)s2)c1. The summed E-state index contributed by atoms with van der Waals surface area (Å²) >= 11 is 2.74. The van der Waals surface area contributed by atoms with Gasteiger partial charge in [-0.05, 0) is 54.8 Å². The Morgan fingerprint density at radius 3 is 2.62 bits per heavy atom. The van der Waals surface area contributed by atoms with Gasteiger partial charge in [-0.15, -0.1) is 10.2 Å². The van der Waals surface area contributed by atoms with E-state index in [1.807, 2.05) is 25.1 Å². The molecule has 0 spiro atoms. The highest BCUT2D eigenvalue weighted by molar-refractivity contribution is 8.00. The molecule has 11 heteroatoms. The number of aromatic nitrogens is 2. The second-order valence-electron chi connectivity index (χ2n) is 10.8. The number of nitrogens with zero attached hydrogens (tertiary/aromatic N) is 3. The van der Waals surface area contributed by atoms with Crippen LogP contribution in [0, 0.1) is 6.92 Å². The van der Waals surface area contributed by atoms with E-state index in [-0.39, 0.29) is 16.5 Å². The largest absolute Gasteiger partial charge is 0.507 e. The maximum Gasteiger partial charge on any atom is 0.301 e. The average Bonchev–Trinajstić information content (AvgIpc) is 3.64. The minimum Gasteiger partial charge on any atom is -0.507 e. The van der Waals surface area contributed by atoms with Gasteiger partial charge < -0.3 is 19.3 Å². The molecule has 0 unspecified atom stereocenters. The Morgan fingerprint density at radius 2 is 1.82 bits per heavy atom. The summed E-state index contributed by atoms with van der Waals surface area (Å²) in [6.45, 7) is 5.51. The molecule has 1 saturated heterocycles. The summed E-state index contributed by atoms with van der Waals surface area (Å²) in [5, 5.41) is 20.6. The predicted molar refractivity (Wildman–Crippen MR) is 174 cm³/mol. The number of thioether (sulfide) groups is 1. The Kier molecular flexibility index (Phi) is 9.37. The van der Waals surface area contributed by atoms with E-state index in [1.54, 1.807) is 24.3 Å². The quantitative estimate of drug-likeness (QED) is 0.0457. The first-order chi connectivity index (χ1) is 21.9. The third kappa shape index (κ3) is 6.69. The molecule has 45 heavy (non-hydrogen) atoms. The minimum absolute atomic E-state index is 0.0520. The molecule has 1 N–H and O–H groups in total. The van der Waals surface area contributed by atoms with Crippen molar-refractivity contribution in [3.05, 3.63) is 94.6 Å². The zero-order valence-corrected chi connectivity index (χ0v) is 26.7. The maximum atomic E-state index is 13.7. The number of fused-ring (bicyclic) bond motifs is 1. The van der Waals surface area contributed by atoms with Crippen LogP contribution in [0.3, 0.4) is 0 Å². The van der Waals surface area contributed by atoms with Gasteiger partial charge in [0, 0.05) is 11.3 Å². The lowest BCUT2D eigenvalue weighted by molar-refractivity contribution is -0.132. The molecule has 1 aromatic heterocycles. The van der Waals surface area contributed by atoms with E-state index in [4.69, 9.17) is 14.2 Å². The van der Waals surface area contributed by atoms with E-state index in [0.29, 0.717) is 58.3 Å². The lowest BCUT2D eigenvalue weighted by Crippen LogP contribution is -2.29. The van der Waals surface area contributed by atoms with Crippen LogP contribution in [0.2, 0.25) is 0 Å². The number of aliphatic hydroxyl groups excluding tert-OH is 1. The van der Waals surface area contributed by atoms with Crippen LogP contribution in [0.1, 0.15) is 54.5 Å². The van der Waals surface area contributed by atoms with E-state index in [0.717, 1.165) is 24.8 Å². The molecule has 0 saturated carbocycles. The summed E-state index contributed by atoms with van der Waals surface area (Å²) in [4.78, 5) is 28.7. The summed E-state index contributed by atoms with van der Waals surface area (Å²) < 4.78 is 18.0. The number of carbonyl (C=O) groups is 2. The zero-order valence-electron chi connectivity index (χ0n) is 25.0. The number of aliphatic hydroxyl groups is 1. The molecule has 1 amide bonds. The number of unbranched alkanes of at least 4 members (excludes halogenated alkanes) is 2. The van der Waals surface area contributed by atoms with Crippen LogP contribution in [0.25, 0.3) is 5.76 Å². The first-order valence-corrected chi connectivity index (χ1v) is 16.7. The third-order valence-electron chi connectivity index (χ3n) is 7.54. The first kappa shape index (κ1) is 30.7. The molecule has 0 bridgehead atoms. The van der Waals surface area contributed by atoms with E-state index < -0.39 is 17.7 Å². The standard InChI is InChI=1S/C34H33N3O6S2/c1-3-4-5-15-41-25-8-6-7-23(18-25)29-28(30(38)24-13-14-26-27(19-24)43-17-16-42-26)31(39)32(40)37(29)33-35-36-34(45-33)44-20-22-11-9-21(2)10-12-22/h6-14,18-19,29,38H,3-5,15-17,20H2,1-2H3/t29-/m1/s1. The number of benzene rings is 3. The van der Waals surface area contributed by atoms with Crippen molar-refractivity contribution in [2.45, 2.75) is 49.2 Å². The smallest absolute Gasteiger partial charge is 0.301 e. The number of Topliss-reactive ketones (excluding diaryl/α,β-unsaturated/α-hetero) is 1. The van der Waals surface area contributed by atoms with E-state index in [9.17, 15) is 14.7 Å². The van der Waals surface area contributed by atoms with Crippen molar-refractivity contribution in [2.75, 3.05) is 24.7 Å². The monoisotopic (exact) mass is 643 g/mol. The number of ether oxygens (including phenoxy) is 3. The molecular formula is C34H33N3O6S2. The fraction of sp³-hybridized carbons (Fsp3) is 0.294. The molecule has 3 heterocycles. The molecule has 3 aromatic carbocycles. The van der Waals surface area contributed by atoms with Crippen LogP contribution in [0.5, 0.6) is 17.2 Å². The molecule has 0 aliphatic carbocycles. The van der Waals surface area contributed by atoms with Gasteiger partial charge >= 0.3 is 5.91 Å². The van der Waals surface area contributed by atoms with Crippen LogP contribution in [-0.4, -0.2) is 46.8 Å². The van der Waals surface area contributed by atoms with Gasteiger partial charge in [-0.2, -0.15) is 0 Å². The Hall–Kier alpha value is -4.35. The predicted octanol–water partition coefficient (Wildman–Crippen LogP) is 7.11. The average molecular weight is 644 g/mol. The molecule has 6 rings (SSSR count). The highest BCUT2D eigenvalue weighted by Crippen LogP contribution is 2.45. The van der Waals surface area contributed by atoms with Crippen molar-refractivity contribution in [3.8, 4) is 17.2 Å². The summed E-state index contributed by atoms with van der Waals surface area (Å²) in [5.41, 5.74) is 3.21. The van der Waals surface area contributed by atoms with Crippen LogP contribution < -0.4 is 19.1 Å². The fourth-order valence-electron chi connectivity index (χ4n) is 5.20. The van der Waals surface area contributed by atoms with Crippen molar-refractivity contribution in [1.29, 1.82) is 0 Å². The van der Waals surface area contributed by atoms with E-state index >= 15 is 0 Å². The second-order valence-corrected chi connectivity index (χ2v) is 13.0. The molecular weight excluding hydrogens is 611 g/mol. The van der Waals surface area contributed by atoms with E-state index in [2.05, 4.69) is 41.4 Å². The zero-order chi connectivity index (χ0) is 31.3. The molecule has 1 fully saturated rings. The highest BCUT2D eigenvalue weighted by Gasteiger charge is 2.48. The van der Waals surface area contributed by atoms with Crippen LogP contribution in [-0.2, 0) is 15.3 Å². The molecule has 2 aliphatic heterocycles. The van der Waals surface area contributed by atoms with Gasteiger partial charge in [0.2, 0.25) is 5.13 Å². The molecule has 232 valence electrons. The number of ketones is 1. The van der Waals surface area contributed by atoms with E-state index in [1.165, 1.54) is 33.6 Å².